The Kier molecular flexibility index (Phi) is 7.86. The summed E-state index contributed by atoms with van der Waals surface area (Å²) in [6.07, 6.45) is 3.18. The van der Waals surface area contributed by atoms with Crippen molar-refractivity contribution in [1.82, 2.24) is 24.9 Å². The summed E-state index contributed by atoms with van der Waals surface area (Å²) in [6.45, 7) is 0. The number of benzene rings is 3. The van der Waals surface area contributed by atoms with Gasteiger partial charge in [0.25, 0.3) is 17.7 Å². The molecule has 3 heterocycles. The quantitative estimate of drug-likeness (QED) is 0.228. The third kappa shape index (κ3) is 6.34. The molecule has 12 nitrogen and oxygen atoms in total. The summed E-state index contributed by atoms with van der Waals surface area (Å²) in [5.41, 5.74) is 4.94. The number of nitrogens with one attached hydrogen (secondary N) is 3. The average molecular weight is 582 g/mol. The number of carbonyl (C=O) groups is 3. The third-order valence-corrected chi connectivity index (χ3v) is 6.23. The highest BCUT2D eigenvalue weighted by molar-refractivity contribution is 6.20. The molecular weight excluding hydrogens is 558 g/mol. The number of amidine groups is 1. The van der Waals surface area contributed by atoms with Gasteiger partial charge in [-0.25, -0.2) is 4.99 Å². The molecule has 0 saturated heterocycles. The van der Waals surface area contributed by atoms with E-state index in [0.29, 0.717) is 22.4 Å². The van der Waals surface area contributed by atoms with Gasteiger partial charge in [0.05, 0.1) is 5.69 Å². The van der Waals surface area contributed by atoms with Crippen LogP contribution in [0.4, 0.5) is 17.8 Å². The number of carbonyl (C=O) groups excluding carboxylic acids is 3. The molecule has 0 radical (unpaired) electrons. The van der Waals surface area contributed by atoms with E-state index in [1.54, 1.807) is 103 Å². The number of hydrogen-bond acceptors (Lipinski definition) is 9. The van der Waals surface area contributed by atoms with E-state index in [4.69, 9.17) is 0 Å². The van der Waals surface area contributed by atoms with E-state index in [1.807, 2.05) is 18.2 Å². The molecule has 1 aliphatic rings. The summed E-state index contributed by atoms with van der Waals surface area (Å²) in [5, 5.41) is 6.44. The van der Waals surface area contributed by atoms with E-state index in [1.165, 1.54) is 5.01 Å². The van der Waals surface area contributed by atoms with Crippen molar-refractivity contribution in [3.05, 3.63) is 143 Å². The van der Waals surface area contributed by atoms with E-state index in [2.05, 4.69) is 41.0 Å². The van der Waals surface area contributed by atoms with Crippen LogP contribution in [0.25, 0.3) is 6.08 Å². The zero-order chi connectivity index (χ0) is 30.3. The predicted molar refractivity (Wildman–Crippen MR) is 164 cm³/mol. The van der Waals surface area contributed by atoms with Crippen LogP contribution in [0.15, 0.2) is 126 Å². The van der Waals surface area contributed by atoms with Crippen LogP contribution in [-0.2, 0) is 4.79 Å². The molecule has 3 amide bonds. The van der Waals surface area contributed by atoms with Gasteiger partial charge in [0.1, 0.15) is 5.70 Å². The fraction of sp³-hybridized carbons (Fsp3) is 0. The van der Waals surface area contributed by atoms with E-state index in [-0.39, 0.29) is 29.4 Å². The lowest BCUT2D eigenvalue weighted by Gasteiger charge is -2.19. The van der Waals surface area contributed by atoms with Gasteiger partial charge in [0, 0.05) is 22.9 Å². The highest BCUT2D eigenvalue weighted by Crippen LogP contribution is 2.23. The molecule has 0 spiro atoms. The summed E-state index contributed by atoms with van der Waals surface area (Å²) in [4.78, 5) is 61.2. The molecule has 1 aliphatic heterocycles. The zero-order valence-electron chi connectivity index (χ0n) is 23.0. The number of aliphatic imine (C=N–C) groups is 1. The molecular formula is C32H23N9O3. The predicted octanol–water partition coefficient (Wildman–Crippen LogP) is 4.43. The maximum Gasteiger partial charge on any atom is 0.297 e. The van der Waals surface area contributed by atoms with Gasteiger partial charge >= 0.3 is 0 Å². The van der Waals surface area contributed by atoms with Crippen LogP contribution >= 0.6 is 0 Å². The van der Waals surface area contributed by atoms with Crippen molar-refractivity contribution >= 4 is 47.5 Å². The summed E-state index contributed by atoms with van der Waals surface area (Å²) >= 11 is 0. The Morgan fingerprint density at radius 2 is 1.16 bits per heavy atom. The van der Waals surface area contributed by atoms with Gasteiger partial charge < -0.3 is 0 Å². The minimum absolute atomic E-state index is 0.124. The number of aromatic nitrogens is 4. The lowest BCUT2D eigenvalue weighted by atomic mass is 10.2. The summed E-state index contributed by atoms with van der Waals surface area (Å²) < 4.78 is 0. The Hall–Kier alpha value is -6.56. The van der Waals surface area contributed by atoms with Crippen LogP contribution in [0.2, 0.25) is 0 Å². The molecule has 0 saturated carbocycles. The molecule has 0 fully saturated rings. The maximum absolute atomic E-state index is 13.6. The summed E-state index contributed by atoms with van der Waals surface area (Å²) in [7, 11) is 0. The standard InChI is InChI=1S/C32H23N9O3/c42-27(22-14-6-2-7-15-22)35-30-37-31(36-28(43)23-16-8-3-9-17-23)39-32(38-30)40-41-26(21-12-4-1-5-13-21)34-25(29(41)44)20-24-18-10-11-19-33-24/h1-20H,(H3,35,36,37,38,39,40,42,43). The van der Waals surface area contributed by atoms with E-state index in [0.717, 1.165) is 0 Å². The molecule has 2 aromatic heterocycles. The monoisotopic (exact) mass is 581 g/mol. The molecule has 6 rings (SSSR count). The minimum Gasteiger partial charge on any atom is -0.290 e. The molecule has 214 valence electrons. The van der Waals surface area contributed by atoms with E-state index in [9.17, 15) is 14.4 Å². The Morgan fingerprint density at radius 1 is 0.636 bits per heavy atom. The minimum atomic E-state index is -0.500. The van der Waals surface area contributed by atoms with Crippen LogP contribution in [0.3, 0.4) is 0 Å². The second-order valence-corrected chi connectivity index (χ2v) is 9.28. The Morgan fingerprint density at radius 3 is 1.70 bits per heavy atom. The fourth-order valence-electron chi connectivity index (χ4n) is 4.17. The van der Waals surface area contributed by atoms with Crippen LogP contribution < -0.4 is 16.1 Å². The van der Waals surface area contributed by atoms with Gasteiger partial charge in [-0.15, -0.1) is 0 Å². The first-order valence-corrected chi connectivity index (χ1v) is 13.4. The maximum atomic E-state index is 13.6. The van der Waals surface area contributed by atoms with Crippen molar-refractivity contribution in [2.24, 2.45) is 4.99 Å². The molecule has 0 atom stereocenters. The SMILES string of the molecule is O=C(Nc1nc(NC(=O)c2ccccc2)nc(NN2C(=O)C(=Cc3ccccn3)N=C2c2ccccc2)n1)c1ccccc1. The lowest BCUT2D eigenvalue weighted by Crippen LogP contribution is -2.38. The third-order valence-electron chi connectivity index (χ3n) is 6.23. The molecule has 3 N–H and O–H groups in total. The van der Waals surface area contributed by atoms with Crippen molar-refractivity contribution in [2.75, 3.05) is 16.1 Å². The molecule has 0 unspecified atom stereocenters. The Balaban J connectivity index is 1.35. The largest absolute Gasteiger partial charge is 0.297 e. The number of hydrazine groups is 1. The van der Waals surface area contributed by atoms with Crippen molar-refractivity contribution in [2.45, 2.75) is 0 Å². The van der Waals surface area contributed by atoms with Crippen LogP contribution in [0, 0.1) is 0 Å². The van der Waals surface area contributed by atoms with Crippen molar-refractivity contribution in [3.63, 3.8) is 0 Å². The normalized spacial score (nSPS) is 13.4. The van der Waals surface area contributed by atoms with Gasteiger partial charge in [0.2, 0.25) is 17.8 Å². The van der Waals surface area contributed by atoms with Gasteiger partial charge in [0.15, 0.2) is 5.84 Å². The number of nitrogens with zero attached hydrogens (tertiary/aromatic N) is 6. The smallest absolute Gasteiger partial charge is 0.290 e. The highest BCUT2D eigenvalue weighted by Gasteiger charge is 2.32. The first-order chi connectivity index (χ1) is 21.5. The molecule has 5 aromatic rings. The fourth-order valence-corrected chi connectivity index (χ4v) is 4.17. The molecule has 3 aromatic carbocycles. The zero-order valence-corrected chi connectivity index (χ0v) is 23.0. The second-order valence-electron chi connectivity index (χ2n) is 9.28. The van der Waals surface area contributed by atoms with Gasteiger partial charge in [-0.3, -0.25) is 35.4 Å². The number of hydrogen-bond donors (Lipinski definition) is 3. The summed E-state index contributed by atoms with van der Waals surface area (Å²) in [6, 6.07) is 31.4. The summed E-state index contributed by atoms with van der Waals surface area (Å²) in [5.74, 6) is -1.63. The van der Waals surface area contributed by atoms with Crippen molar-refractivity contribution in [3.8, 4) is 0 Å². The van der Waals surface area contributed by atoms with Gasteiger partial charge in [-0.1, -0.05) is 72.8 Å². The van der Waals surface area contributed by atoms with E-state index < -0.39 is 17.7 Å². The van der Waals surface area contributed by atoms with E-state index >= 15 is 0 Å². The molecule has 0 aliphatic carbocycles. The van der Waals surface area contributed by atoms with Crippen LogP contribution in [0.5, 0.6) is 0 Å². The Labute approximate surface area is 251 Å². The van der Waals surface area contributed by atoms with Crippen LogP contribution in [0.1, 0.15) is 32.0 Å². The molecule has 0 bridgehead atoms. The van der Waals surface area contributed by atoms with Crippen LogP contribution in [-0.4, -0.2) is 48.5 Å². The topological polar surface area (TPSA) is 154 Å². The molecule has 44 heavy (non-hydrogen) atoms. The number of amides is 3. The Bertz CT molecular complexity index is 1810. The number of pyridine rings is 1. The van der Waals surface area contributed by atoms with Crippen molar-refractivity contribution < 1.29 is 14.4 Å². The first-order valence-electron chi connectivity index (χ1n) is 13.4. The number of anilines is 3. The first kappa shape index (κ1) is 27.6. The highest BCUT2D eigenvalue weighted by atomic mass is 16.2. The van der Waals surface area contributed by atoms with Gasteiger partial charge in [-0.2, -0.15) is 20.0 Å². The average Bonchev–Trinajstić information content (AvgIpc) is 3.36. The lowest BCUT2D eigenvalue weighted by molar-refractivity contribution is -0.121. The van der Waals surface area contributed by atoms with Crippen molar-refractivity contribution in [1.29, 1.82) is 0 Å². The van der Waals surface area contributed by atoms with Gasteiger partial charge in [-0.05, 0) is 42.5 Å². The second kappa shape index (κ2) is 12.5. The molecule has 12 heteroatoms. The number of rotatable bonds is 8.